The molecule has 2 N–H and O–H groups in total. The summed E-state index contributed by atoms with van der Waals surface area (Å²) in [6.45, 7) is 12.3. The highest BCUT2D eigenvalue weighted by molar-refractivity contribution is 6.45. The Labute approximate surface area is 83.7 Å². The van der Waals surface area contributed by atoms with Crippen LogP contribution in [0.15, 0.2) is 0 Å². The minimum absolute atomic E-state index is 0.0666. The normalized spacial score (nSPS) is 13.7. The molecule has 0 aliphatic carbocycles. The Morgan fingerprint density at radius 1 is 1.08 bits per heavy atom. The molecule has 0 saturated carbocycles. The van der Waals surface area contributed by atoms with E-state index < -0.39 is 0 Å². The highest BCUT2D eigenvalue weighted by Gasteiger charge is 2.38. The predicted molar refractivity (Wildman–Crippen MR) is 60.9 cm³/mol. The first-order valence-corrected chi connectivity index (χ1v) is 4.65. The van der Waals surface area contributed by atoms with Crippen molar-refractivity contribution in [2.75, 3.05) is 0 Å². The van der Waals surface area contributed by atoms with Gasteiger partial charge in [-0.1, -0.05) is 27.7 Å². The quantitative estimate of drug-likeness (QED) is 0.521. The summed E-state index contributed by atoms with van der Waals surface area (Å²) in [6, 6.07) is 0. The van der Waals surface area contributed by atoms with Crippen molar-refractivity contribution in [3.05, 3.63) is 0 Å². The summed E-state index contributed by atoms with van der Waals surface area (Å²) in [7, 11) is 2.15. The van der Waals surface area contributed by atoms with Crippen LogP contribution in [0.2, 0.25) is 10.6 Å². The number of hydrogen-bond acceptors (Lipinski definition) is 1. The van der Waals surface area contributed by atoms with E-state index in [-0.39, 0.29) is 16.2 Å². The number of rotatable bonds is 3. The van der Waals surface area contributed by atoms with Crippen LogP contribution in [0.3, 0.4) is 0 Å². The second-order valence-corrected chi connectivity index (χ2v) is 5.45. The molecule has 0 fully saturated rings. The molecule has 73 valence electrons. The molecule has 0 saturated heterocycles. The Kier molecular flexibility index (Phi) is 3.28. The first-order valence-electron chi connectivity index (χ1n) is 4.65. The summed E-state index contributed by atoms with van der Waals surface area (Å²) in [5.41, 5.74) is 5.83. The van der Waals surface area contributed by atoms with Gasteiger partial charge in [0.2, 0.25) is 0 Å². The van der Waals surface area contributed by atoms with Gasteiger partial charge in [0.25, 0.3) is 0 Å². The van der Waals surface area contributed by atoms with Crippen LogP contribution in [0.4, 0.5) is 0 Å². The molecule has 1 radical (unpaired) electrons. The first-order chi connectivity index (χ1) is 5.52. The molecule has 0 heterocycles. The van der Waals surface area contributed by atoms with Crippen molar-refractivity contribution in [2.24, 2.45) is 5.73 Å². The zero-order valence-corrected chi connectivity index (χ0v) is 9.73. The molecule has 0 aromatic heterocycles. The maximum atomic E-state index is 6.08. The fourth-order valence-corrected chi connectivity index (χ4v) is 1.13. The lowest BCUT2D eigenvalue weighted by molar-refractivity contribution is 0.383. The average molecular weight is 178 g/mol. The van der Waals surface area contributed by atoms with E-state index in [1.54, 1.807) is 0 Å². The van der Waals surface area contributed by atoms with Crippen molar-refractivity contribution >= 4 is 7.28 Å². The monoisotopic (exact) mass is 178 g/mol. The van der Waals surface area contributed by atoms with Crippen LogP contribution >= 0.6 is 0 Å². The van der Waals surface area contributed by atoms with Gasteiger partial charge in [-0.25, -0.2) is 0 Å². The van der Waals surface area contributed by atoms with Gasteiger partial charge < -0.3 is 5.73 Å². The maximum absolute atomic E-state index is 6.08. The third-order valence-electron chi connectivity index (χ3n) is 2.75. The van der Waals surface area contributed by atoms with E-state index in [1.165, 1.54) is 0 Å². The number of hydrogen-bond donors (Lipinski definition) is 1. The molecule has 0 aromatic carbocycles. The number of nitrogens with two attached hydrogens (primary N) is 1. The van der Waals surface area contributed by atoms with Crippen LogP contribution in [-0.2, 0) is 0 Å². The van der Waals surface area contributed by atoms with E-state index in [4.69, 9.17) is 12.2 Å². The van der Waals surface area contributed by atoms with Gasteiger partial charge in [0.15, 0.2) is 0 Å². The SMILES string of the molecule is C#CC(C)(C)[B]C(C)(C)C(C)(C)N. The summed E-state index contributed by atoms with van der Waals surface area (Å²) in [5.74, 6) is 2.76. The van der Waals surface area contributed by atoms with Crippen molar-refractivity contribution in [3.63, 3.8) is 0 Å². The fraction of sp³-hybridized carbons (Fsp3) is 0.818. The Hall–Kier alpha value is -0.415. The van der Waals surface area contributed by atoms with Gasteiger partial charge in [-0.2, -0.15) is 0 Å². The maximum Gasteiger partial charge on any atom is 0.143 e. The van der Waals surface area contributed by atoms with Crippen molar-refractivity contribution in [3.8, 4) is 12.3 Å². The van der Waals surface area contributed by atoms with Gasteiger partial charge in [0.05, 0.1) is 0 Å². The minimum Gasteiger partial charge on any atom is -0.326 e. The molecule has 13 heavy (non-hydrogen) atoms. The summed E-state index contributed by atoms with van der Waals surface area (Å²) in [6.07, 6.45) is 5.43. The smallest absolute Gasteiger partial charge is 0.143 e. The van der Waals surface area contributed by atoms with E-state index in [0.29, 0.717) is 0 Å². The molecule has 0 unspecified atom stereocenters. The molecular weight excluding hydrogens is 157 g/mol. The zero-order valence-electron chi connectivity index (χ0n) is 9.73. The summed E-state index contributed by atoms with van der Waals surface area (Å²) < 4.78 is 0. The fourth-order valence-electron chi connectivity index (χ4n) is 1.13. The molecule has 0 spiro atoms. The standard InChI is InChI=1S/C11H21BN/c1-8-9(2,3)12-10(4,5)11(6,7)13/h1H,13H2,2-7H3. The van der Waals surface area contributed by atoms with E-state index in [1.807, 2.05) is 27.7 Å². The van der Waals surface area contributed by atoms with Gasteiger partial charge >= 0.3 is 0 Å². The third kappa shape index (κ3) is 3.44. The van der Waals surface area contributed by atoms with Crippen LogP contribution in [0.25, 0.3) is 0 Å². The summed E-state index contributed by atoms with van der Waals surface area (Å²) in [5, 5.41) is -0.261. The van der Waals surface area contributed by atoms with Crippen molar-refractivity contribution in [1.29, 1.82) is 0 Å². The second-order valence-electron chi connectivity index (χ2n) is 5.45. The molecule has 0 rings (SSSR count). The van der Waals surface area contributed by atoms with E-state index in [9.17, 15) is 0 Å². The van der Waals surface area contributed by atoms with E-state index in [2.05, 4.69) is 27.0 Å². The van der Waals surface area contributed by atoms with Gasteiger partial charge in [-0.05, 0) is 24.5 Å². The molecule has 0 aliphatic heterocycles. The lowest BCUT2D eigenvalue weighted by Crippen LogP contribution is -2.47. The molecule has 0 bridgehead atoms. The highest BCUT2D eigenvalue weighted by Crippen LogP contribution is 2.41. The Morgan fingerprint density at radius 3 is 1.69 bits per heavy atom. The highest BCUT2D eigenvalue weighted by atomic mass is 14.7. The summed E-state index contributed by atoms with van der Waals surface area (Å²) >= 11 is 0. The minimum atomic E-state index is -0.249. The zero-order chi connectivity index (χ0) is 10.9. The van der Waals surface area contributed by atoms with E-state index in [0.717, 1.165) is 0 Å². The van der Waals surface area contributed by atoms with E-state index >= 15 is 0 Å². The molecule has 2 heteroatoms. The summed E-state index contributed by atoms with van der Waals surface area (Å²) in [4.78, 5) is 0. The Bertz CT molecular complexity index is 215. The molecule has 0 aromatic rings. The lowest BCUT2D eigenvalue weighted by Gasteiger charge is -2.41. The van der Waals surface area contributed by atoms with Crippen LogP contribution in [0.1, 0.15) is 41.5 Å². The van der Waals surface area contributed by atoms with Crippen molar-refractivity contribution in [1.82, 2.24) is 0 Å². The third-order valence-corrected chi connectivity index (χ3v) is 2.75. The Balaban J connectivity index is 4.64. The second kappa shape index (κ2) is 3.38. The molecule has 0 aliphatic rings. The van der Waals surface area contributed by atoms with Crippen LogP contribution in [0.5, 0.6) is 0 Å². The average Bonchev–Trinajstić information content (AvgIpc) is 1.83. The van der Waals surface area contributed by atoms with Crippen LogP contribution in [0, 0.1) is 12.3 Å². The van der Waals surface area contributed by atoms with Gasteiger partial charge in [0, 0.05) is 5.54 Å². The van der Waals surface area contributed by atoms with Crippen molar-refractivity contribution < 1.29 is 0 Å². The molecule has 0 atom stereocenters. The largest absolute Gasteiger partial charge is 0.326 e. The van der Waals surface area contributed by atoms with Crippen molar-refractivity contribution in [2.45, 2.75) is 57.7 Å². The lowest BCUT2D eigenvalue weighted by atomic mass is 9.37. The van der Waals surface area contributed by atoms with Crippen LogP contribution < -0.4 is 5.73 Å². The molecule has 0 amide bonds. The van der Waals surface area contributed by atoms with Gasteiger partial charge in [-0.3, -0.25) is 0 Å². The molecule has 1 nitrogen and oxygen atoms in total. The van der Waals surface area contributed by atoms with Gasteiger partial charge in [-0.15, -0.1) is 12.3 Å². The topological polar surface area (TPSA) is 26.0 Å². The Morgan fingerprint density at radius 2 is 1.46 bits per heavy atom. The first kappa shape index (κ1) is 12.6. The van der Waals surface area contributed by atoms with Crippen LogP contribution in [-0.4, -0.2) is 12.8 Å². The predicted octanol–water partition coefficient (Wildman–Crippen LogP) is 2.46. The number of terminal acetylenes is 1. The van der Waals surface area contributed by atoms with Gasteiger partial charge in [0.1, 0.15) is 7.28 Å². The molecular formula is C11H21BN.